The third-order valence-corrected chi connectivity index (χ3v) is 8.12. The Balaban J connectivity index is 1.61. The summed E-state index contributed by atoms with van der Waals surface area (Å²) < 4.78 is 39.2. The maximum absolute atomic E-state index is 13.5. The van der Waals surface area contributed by atoms with Crippen LogP contribution in [0.4, 0.5) is 13.2 Å². The monoisotopic (exact) mass is 515 g/mol. The number of amides is 1. The molecule has 1 atom stereocenters. The van der Waals surface area contributed by atoms with Crippen molar-refractivity contribution in [3.63, 3.8) is 0 Å². The summed E-state index contributed by atoms with van der Waals surface area (Å²) in [5.74, 6) is -0.212. The molecule has 1 heterocycles. The number of hydrogen-bond acceptors (Lipinski definition) is 1. The van der Waals surface area contributed by atoms with Gasteiger partial charge in [-0.2, -0.15) is 0 Å². The molecule has 4 rings (SSSR count). The van der Waals surface area contributed by atoms with Gasteiger partial charge in [-0.05, 0) is 0 Å². The van der Waals surface area contributed by atoms with Crippen molar-refractivity contribution < 1.29 is 18.0 Å². The van der Waals surface area contributed by atoms with Crippen molar-refractivity contribution in [1.82, 2.24) is 4.90 Å². The Bertz CT molecular complexity index is 1130. The summed E-state index contributed by atoms with van der Waals surface area (Å²) in [6.07, 6.45) is -4.39. The van der Waals surface area contributed by atoms with Crippen LogP contribution >= 0.6 is 0 Å². The van der Waals surface area contributed by atoms with E-state index in [4.69, 9.17) is 0 Å². The third-order valence-electron chi connectivity index (χ3n) is 5.80. The van der Waals surface area contributed by atoms with Gasteiger partial charge in [-0.1, -0.05) is 0 Å². The van der Waals surface area contributed by atoms with E-state index < -0.39 is 11.7 Å². The molecular formula is C27H24F3NOSe. The second-order valence-corrected chi connectivity index (χ2v) is 10.2. The zero-order valence-electron chi connectivity index (χ0n) is 18.2. The summed E-state index contributed by atoms with van der Waals surface area (Å²) in [6, 6.07) is 25.0. The van der Waals surface area contributed by atoms with Crippen molar-refractivity contribution in [2.75, 3.05) is 0 Å². The maximum atomic E-state index is 13.5. The normalized spacial score (nSPS) is 16.5. The third kappa shape index (κ3) is 5.40. The minimum absolute atomic E-state index is 0.0289. The van der Waals surface area contributed by atoms with Crippen molar-refractivity contribution in [3.05, 3.63) is 113 Å². The van der Waals surface area contributed by atoms with Gasteiger partial charge in [0.05, 0.1) is 0 Å². The summed E-state index contributed by atoms with van der Waals surface area (Å²) in [7, 11) is 0. The van der Waals surface area contributed by atoms with Gasteiger partial charge in [0.2, 0.25) is 0 Å². The van der Waals surface area contributed by atoms with Crippen LogP contribution in [0.5, 0.6) is 0 Å². The molecule has 0 aromatic heterocycles. The van der Waals surface area contributed by atoms with Crippen molar-refractivity contribution in [1.29, 1.82) is 0 Å². The van der Waals surface area contributed by atoms with E-state index in [1.165, 1.54) is 17.7 Å². The second-order valence-electron chi connectivity index (χ2n) is 8.07. The number of nitrogens with zero attached hydrogens (tertiary/aromatic N) is 1. The number of carbonyl (C=O) groups excluding carboxylic acids is 1. The van der Waals surface area contributed by atoms with E-state index in [0.717, 1.165) is 39.6 Å². The molecule has 0 fully saturated rings. The van der Waals surface area contributed by atoms with E-state index in [1.54, 1.807) is 4.90 Å². The van der Waals surface area contributed by atoms with Crippen molar-refractivity contribution >= 4 is 26.6 Å². The van der Waals surface area contributed by atoms with Gasteiger partial charge >= 0.3 is 198 Å². The molecule has 0 radical (unpaired) electrons. The van der Waals surface area contributed by atoms with E-state index in [0.29, 0.717) is 12.1 Å². The molecule has 170 valence electrons. The Morgan fingerprint density at radius 1 is 0.848 bits per heavy atom. The first-order chi connectivity index (χ1) is 15.8. The predicted molar refractivity (Wildman–Crippen MR) is 125 cm³/mol. The van der Waals surface area contributed by atoms with Gasteiger partial charge in [0.1, 0.15) is 0 Å². The number of carbonyl (C=O) groups is 1. The Hall–Kier alpha value is -2.82. The predicted octanol–water partition coefficient (Wildman–Crippen LogP) is 6.42. The molecule has 3 aromatic rings. The summed E-state index contributed by atoms with van der Waals surface area (Å²) >= 11 is 0.233. The molecular weight excluding hydrogens is 490 g/mol. The van der Waals surface area contributed by atoms with Crippen LogP contribution in [-0.4, -0.2) is 25.8 Å². The van der Waals surface area contributed by atoms with Crippen molar-refractivity contribution in [2.45, 2.75) is 30.3 Å². The van der Waals surface area contributed by atoms with Crippen LogP contribution in [0.15, 0.2) is 90.5 Å². The molecule has 3 aromatic carbocycles. The topological polar surface area (TPSA) is 20.3 Å². The Kier molecular flexibility index (Phi) is 7.06. The molecule has 0 saturated carbocycles. The van der Waals surface area contributed by atoms with Crippen LogP contribution in [-0.2, 0) is 22.8 Å². The molecule has 0 spiro atoms. The van der Waals surface area contributed by atoms with E-state index in [9.17, 15) is 18.0 Å². The zero-order chi connectivity index (χ0) is 23.4. The van der Waals surface area contributed by atoms with E-state index in [-0.39, 0.29) is 26.8 Å². The van der Waals surface area contributed by atoms with E-state index in [1.807, 2.05) is 55.5 Å². The number of rotatable bonds is 7. The van der Waals surface area contributed by atoms with Gasteiger partial charge in [-0.15, -0.1) is 0 Å². The summed E-state index contributed by atoms with van der Waals surface area (Å²) in [6.45, 7) is 2.34. The quantitative estimate of drug-likeness (QED) is 0.334. The fourth-order valence-electron chi connectivity index (χ4n) is 4.05. The molecule has 1 aliphatic heterocycles. The van der Waals surface area contributed by atoms with Gasteiger partial charge in [-0.3, -0.25) is 0 Å². The molecule has 1 amide bonds. The minimum atomic E-state index is -4.39. The van der Waals surface area contributed by atoms with Crippen LogP contribution in [0.3, 0.4) is 0 Å². The van der Waals surface area contributed by atoms with Gasteiger partial charge < -0.3 is 0 Å². The summed E-state index contributed by atoms with van der Waals surface area (Å²) in [4.78, 5) is 15.2. The molecule has 0 aliphatic carbocycles. The number of hydrogen-bond donors (Lipinski definition) is 0. The fourth-order valence-corrected chi connectivity index (χ4v) is 6.51. The van der Waals surface area contributed by atoms with Crippen LogP contribution in [0.25, 0.3) is 5.70 Å². The van der Waals surface area contributed by atoms with Gasteiger partial charge in [0.15, 0.2) is 0 Å². The molecule has 6 heteroatoms. The van der Waals surface area contributed by atoms with E-state index >= 15 is 0 Å². The summed E-state index contributed by atoms with van der Waals surface area (Å²) in [5.41, 5.74) is 3.87. The first kappa shape index (κ1) is 23.3. The SMILES string of the molecule is CC1=C(c2ccc(C(F)(F)F)cc2)N(Cc2ccccc2)C(=O)C1C[Se]Cc1ccccc1. The zero-order valence-corrected chi connectivity index (χ0v) is 19.9. The first-order valence-corrected chi connectivity index (χ1v) is 13.1. The first-order valence-electron chi connectivity index (χ1n) is 10.7. The Morgan fingerprint density at radius 2 is 1.42 bits per heavy atom. The number of benzene rings is 3. The second kappa shape index (κ2) is 9.98. The molecule has 0 bridgehead atoms. The van der Waals surface area contributed by atoms with Gasteiger partial charge in [-0.25, -0.2) is 0 Å². The van der Waals surface area contributed by atoms with Gasteiger partial charge in [0.25, 0.3) is 0 Å². The fraction of sp³-hybridized carbons (Fsp3) is 0.222. The summed E-state index contributed by atoms with van der Waals surface area (Å²) in [5, 5.41) is 1.71. The molecule has 0 saturated heterocycles. The van der Waals surface area contributed by atoms with Crippen LogP contribution < -0.4 is 0 Å². The molecule has 2 nitrogen and oxygen atoms in total. The average Bonchev–Trinajstić information content (AvgIpc) is 3.04. The molecule has 1 unspecified atom stereocenters. The van der Waals surface area contributed by atoms with Crippen LogP contribution in [0.2, 0.25) is 5.32 Å². The molecule has 1 aliphatic rings. The number of alkyl halides is 3. The number of halogens is 3. The molecule has 33 heavy (non-hydrogen) atoms. The Labute approximate surface area is 198 Å². The van der Waals surface area contributed by atoms with Crippen LogP contribution in [0.1, 0.15) is 29.2 Å². The van der Waals surface area contributed by atoms with Crippen molar-refractivity contribution in [2.24, 2.45) is 5.92 Å². The van der Waals surface area contributed by atoms with Gasteiger partial charge in [0, 0.05) is 0 Å². The Morgan fingerprint density at radius 3 is 2.00 bits per heavy atom. The van der Waals surface area contributed by atoms with Crippen LogP contribution in [0, 0.1) is 5.92 Å². The van der Waals surface area contributed by atoms with Crippen molar-refractivity contribution in [3.8, 4) is 0 Å². The van der Waals surface area contributed by atoms with E-state index in [2.05, 4.69) is 12.1 Å². The molecule has 0 N–H and O–H groups in total. The standard InChI is InChI=1S/C27H24F3NOSe/c1-19-24(18-33-17-21-10-6-3-7-11-21)26(32)31(16-20-8-4-2-5-9-20)25(19)22-12-14-23(15-13-22)27(28,29)30/h2-15,24H,16-18H2,1H3. The average molecular weight is 514 g/mol.